The summed E-state index contributed by atoms with van der Waals surface area (Å²) in [7, 11) is 0. The highest BCUT2D eigenvalue weighted by Crippen LogP contribution is 2.21. The smallest absolute Gasteiger partial charge is 0.320 e. The molecule has 1 aliphatic rings. The van der Waals surface area contributed by atoms with Crippen molar-refractivity contribution >= 4 is 17.8 Å². The quantitative estimate of drug-likeness (QED) is 0.750. The molecule has 26 heavy (non-hydrogen) atoms. The molecule has 2 aromatic rings. The van der Waals surface area contributed by atoms with Crippen LogP contribution in [0.5, 0.6) is 0 Å². The molecule has 0 bridgehead atoms. The lowest BCUT2D eigenvalue weighted by molar-refractivity contribution is -0.127. The Morgan fingerprint density at radius 1 is 1.27 bits per heavy atom. The van der Waals surface area contributed by atoms with E-state index in [-0.39, 0.29) is 18.0 Å². The van der Waals surface area contributed by atoms with Crippen molar-refractivity contribution < 1.29 is 9.59 Å². The highest BCUT2D eigenvalue weighted by atomic mass is 16.2. The Balaban J connectivity index is 1.47. The summed E-state index contributed by atoms with van der Waals surface area (Å²) in [6.07, 6.45) is 4.01. The summed E-state index contributed by atoms with van der Waals surface area (Å²) in [6, 6.07) is 11.6. The number of carbonyl (C=O) groups excluding carboxylic acids is 2. The van der Waals surface area contributed by atoms with Gasteiger partial charge in [0.2, 0.25) is 5.91 Å². The number of anilines is 1. The summed E-state index contributed by atoms with van der Waals surface area (Å²) in [4.78, 5) is 25.5. The first-order valence-electron chi connectivity index (χ1n) is 9.06. The number of carbonyl (C=O) groups is 2. The van der Waals surface area contributed by atoms with Crippen LogP contribution in [0.25, 0.3) is 0 Å². The summed E-state index contributed by atoms with van der Waals surface area (Å²) >= 11 is 0. The van der Waals surface area contributed by atoms with E-state index in [4.69, 9.17) is 0 Å². The Morgan fingerprint density at radius 2 is 2.08 bits per heavy atom. The fourth-order valence-electron chi connectivity index (χ4n) is 3.17. The molecule has 0 spiro atoms. The maximum atomic E-state index is 12.1. The van der Waals surface area contributed by atoms with Crippen molar-refractivity contribution in [2.24, 2.45) is 0 Å². The van der Waals surface area contributed by atoms with Gasteiger partial charge < -0.3 is 10.2 Å². The van der Waals surface area contributed by atoms with E-state index in [0.29, 0.717) is 25.3 Å². The third kappa shape index (κ3) is 4.41. The van der Waals surface area contributed by atoms with Crippen molar-refractivity contribution in [3.8, 4) is 0 Å². The first kappa shape index (κ1) is 18.0. The zero-order chi connectivity index (χ0) is 18.4. The second-order valence-electron chi connectivity index (χ2n) is 6.47. The van der Waals surface area contributed by atoms with Crippen LogP contribution in [0.1, 0.15) is 37.8 Å². The lowest BCUT2D eigenvalue weighted by Gasteiger charge is -2.17. The van der Waals surface area contributed by atoms with E-state index in [2.05, 4.69) is 15.7 Å². The first-order chi connectivity index (χ1) is 12.6. The molecular formula is C19H25N5O2. The molecule has 1 atom stereocenters. The van der Waals surface area contributed by atoms with Gasteiger partial charge in [0.25, 0.3) is 0 Å². The number of amides is 3. The molecule has 1 aromatic heterocycles. The molecule has 138 valence electrons. The fraction of sp³-hybridized carbons (Fsp3) is 0.421. The lowest BCUT2D eigenvalue weighted by Crippen LogP contribution is -2.33. The Kier molecular flexibility index (Phi) is 5.88. The topological polar surface area (TPSA) is 79.3 Å². The molecule has 3 rings (SSSR count). The van der Waals surface area contributed by atoms with Crippen LogP contribution in [0.15, 0.2) is 42.6 Å². The number of benzene rings is 1. The van der Waals surface area contributed by atoms with Gasteiger partial charge in [0.05, 0.1) is 12.2 Å². The van der Waals surface area contributed by atoms with Crippen molar-refractivity contribution in [2.75, 3.05) is 25.0 Å². The predicted octanol–water partition coefficient (Wildman–Crippen LogP) is 2.63. The molecule has 1 aromatic carbocycles. The summed E-state index contributed by atoms with van der Waals surface area (Å²) in [6.45, 7) is 4.10. The number of urea groups is 1. The van der Waals surface area contributed by atoms with Crippen LogP contribution >= 0.6 is 0 Å². The number of hydrogen-bond acceptors (Lipinski definition) is 3. The van der Waals surface area contributed by atoms with Crippen LogP contribution < -0.4 is 10.6 Å². The van der Waals surface area contributed by atoms with Crippen molar-refractivity contribution in [3.63, 3.8) is 0 Å². The zero-order valence-corrected chi connectivity index (χ0v) is 15.0. The molecule has 1 saturated heterocycles. The molecule has 2 heterocycles. The van der Waals surface area contributed by atoms with Gasteiger partial charge >= 0.3 is 6.03 Å². The van der Waals surface area contributed by atoms with E-state index in [9.17, 15) is 9.59 Å². The summed E-state index contributed by atoms with van der Waals surface area (Å²) < 4.78 is 1.79. The van der Waals surface area contributed by atoms with Gasteiger partial charge in [0.15, 0.2) is 0 Å². The average molecular weight is 355 g/mol. The molecule has 0 radical (unpaired) electrons. The highest BCUT2D eigenvalue weighted by Gasteiger charge is 2.19. The van der Waals surface area contributed by atoms with Crippen LogP contribution in [0.4, 0.5) is 10.6 Å². The molecule has 2 N–H and O–H groups in total. The molecule has 1 aliphatic heterocycles. The monoisotopic (exact) mass is 355 g/mol. The molecular weight excluding hydrogens is 330 g/mol. The van der Waals surface area contributed by atoms with Gasteiger partial charge in [-0.3, -0.25) is 10.1 Å². The van der Waals surface area contributed by atoms with Crippen molar-refractivity contribution in [1.29, 1.82) is 0 Å². The van der Waals surface area contributed by atoms with Gasteiger partial charge in [-0.25, -0.2) is 9.48 Å². The summed E-state index contributed by atoms with van der Waals surface area (Å²) in [5.74, 6) is 0.863. The summed E-state index contributed by atoms with van der Waals surface area (Å²) in [5.41, 5.74) is 1.12. The van der Waals surface area contributed by atoms with E-state index in [1.165, 1.54) is 0 Å². The third-order valence-electron chi connectivity index (χ3n) is 4.62. The van der Waals surface area contributed by atoms with Crippen molar-refractivity contribution in [3.05, 3.63) is 48.2 Å². The van der Waals surface area contributed by atoms with Gasteiger partial charge in [-0.05, 0) is 25.3 Å². The Hall–Kier alpha value is -2.83. The SMILES string of the molecule is C[C@@H](c1ccccc1)n1nccc1NC(=O)NCCCN1CCCC1=O. The van der Waals surface area contributed by atoms with Crippen LogP contribution in [-0.4, -0.2) is 46.3 Å². The maximum Gasteiger partial charge on any atom is 0.320 e. The minimum absolute atomic E-state index is 0.0164. The van der Waals surface area contributed by atoms with E-state index < -0.39 is 0 Å². The number of rotatable bonds is 7. The second kappa shape index (κ2) is 8.51. The van der Waals surface area contributed by atoms with Crippen LogP contribution in [0.3, 0.4) is 0 Å². The van der Waals surface area contributed by atoms with Crippen LogP contribution in [0, 0.1) is 0 Å². The standard InChI is InChI=1S/C19H25N5O2/c1-15(16-7-3-2-4-8-16)24-17(10-12-21-24)22-19(26)20-11-6-14-23-13-5-9-18(23)25/h2-4,7-8,10,12,15H,5-6,9,11,13-14H2,1H3,(H2,20,22,26)/t15-/m0/s1. The Morgan fingerprint density at radius 3 is 2.81 bits per heavy atom. The molecule has 0 aliphatic carbocycles. The van der Waals surface area contributed by atoms with E-state index in [1.54, 1.807) is 16.9 Å². The normalized spacial score (nSPS) is 15.1. The van der Waals surface area contributed by atoms with Gasteiger partial charge in [-0.15, -0.1) is 0 Å². The van der Waals surface area contributed by atoms with Gasteiger partial charge in [0, 0.05) is 32.1 Å². The molecule has 3 amide bonds. The first-order valence-corrected chi connectivity index (χ1v) is 9.06. The van der Waals surface area contributed by atoms with E-state index in [1.807, 2.05) is 42.2 Å². The number of aromatic nitrogens is 2. The van der Waals surface area contributed by atoms with Gasteiger partial charge in [-0.1, -0.05) is 30.3 Å². The molecule has 1 fully saturated rings. The molecule has 0 saturated carbocycles. The number of hydrogen-bond donors (Lipinski definition) is 2. The third-order valence-corrected chi connectivity index (χ3v) is 4.62. The van der Waals surface area contributed by atoms with E-state index in [0.717, 1.165) is 24.9 Å². The van der Waals surface area contributed by atoms with Gasteiger partial charge in [-0.2, -0.15) is 5.10 Å². The minimum Gasteiger partial charge on any atom is -0.343 e. The van der Waals surface area contributed by atoms with Crippen molar-refractivity contribution in [1.82, 2.24) is 20.0 Å². The molecule has 7 heteroatoms. The lowest BCUT2D eigenvalue weighted by atomic mass is 10.1. The van der Waals surface area contributed by atoms with Crippen LogP contribution in [0.2, 0.25) is 0 Å². The average Bonchev–Trinajstić information content (AvgIpc) is 3.28. The highest BCUT2D eigenvalue weighted by molar-refractivity contribution is 5.88. The largest absolute Gasteiger partial charge is 0.343 e. The minimum atomic E-state index is -0.264. The zero-order valence-electron chi connectivity index (χ0n) is 15.0. The van der Waals surface area contributed by atoms with Gasteiger partial charge in [0.1, 0.15) is 5.82 Å². The molecule has 0 unspecified atom stereocenters. The van der Waals surface area contributed by atoms with Crippen molar-refractivity contribution in [2.45, 2.75) is 32.2 Å². The summed E-state index contributed by atoms with van der Waals surface area (Å²) in [5, 5.41) is 10.0. The fourth-order valence-corrected chi connectivity index (χ4v) is 3.17. The Bertz CT molecular complexity index is 743. The van der Waals surface area contributed by atoms with E-state index >= 15 is 0 Å². The predicted molar refractivity (Wildman–Crippen MR) is 99.9 cm³/mol. The Labute approximate surface area is 153 Å². The maximum absolute atomic E-state index is 12.1. The second-order valence-corrected chi connectivity index (χ2v) is 6.47. The number of nitrogens with one attached hydrogen (secondary N) is 2. The van der Waals surface area contributed by atoms with Crippen LogP contribution in [-0.2, 0) is 4.79 Å². The molecule has 7 nitrogen and oxygen atoms in total. The number of likely N-dealkylation sites (tertiary alicyclic amines) is 1. The number of nitrogens with zero attached hydrogens (tertiary/aromatic N) is 3.